The largest absolute Gasteiger partial charge is 0.363 e. The van der Waals surface area contributed by atoms with Crippen LogP contribution < -0.4 is 15.1 Å². The number of carbonyl (C=O) groups is 3. The van der Waals surface area contributed by atoms with E-state index in [9.17, 15) is 14.4 Å². The maximum atomic E-state index is 13.3. The van der Waals surface area contributed by atoms with E-state index >= 15 is 0 Å². The highest BCUT2D eigenvalue weighted by Crippen LogP contribution is 2.42. The van der Waals surface area contributed by atoms with E-state index in [2.05, 4.69) is 37.1 Å². The minimum absolute atomic E-state index is 0.0968. The van der Waals surface area contributed by atoms with Crippen LogP contribution in [0.4, 0.5) is 16.2 Å². The van der Waals surface area contributed by atoms with Crippen molar-refractivity contribution in [1.29, 1.82) is 0 Å². The monoisotopic (exact) mass is 517 g/mol. The van der Waals surface area contributed by atoms with Crippen LogP contribution in [0.2, 0.25) is 15.1 Å². The Labute approximate surface area is 212 Å². The lowest BCUT2D eigenvalue weighted by Gasteiger charge is -2.43. The van der Waals surface area contributed by atoms with Crippen LogP contribution >= 0.6 is 34.8 Å². The number of allylic oxidation sites excluding steroid dienone is 1. The number of benzene rings is 2. The van der Waals surface area contributed by atoms with Gasteiger partial charge in [0.25, 0.3) is 11.8 Å². The molecule has 0 aromatic heterocycles. The Balaban J connectivity index is 1.81. The van der Waals surface area contributed by atoms with Gasteiger partial charge in [0.2, 0.25) is 0 Å². The molecule has 0 aliphatic carbocycles. The van der Waals surface area contributed by atoms with Crippen LogP contribution in [0.5, 0.6) is 0 Å². The maximum Gasteiger partial charge on any atom is 0.335 e. The van der Waals surface area contributed by atoms with Crippen molar-refractivity contribution < 1.29 is 14.4 Å². The molecule has 2 aliphatic heterocycles. The van der Waals surface area contributed by atoms with Crippen LogP contribution in [0.15, 0.2) is 42.0 Å². The van der Waals surface area contributed by atoms with Crippen molar-refractivity contribution in [3.05, 3.63) is 68.2 Å². The molecule has 34 heavy (non-hydrogen) atoms. The van der Waals surface area contributed by atoms with E-state index in [1.54, 1.807) is 0 Å². The number of hydrogen-bond acceptors (Lipinski definition) is 4. The number of halogens is 3. The molecular formula is C25H22Cl3N3O3. The summed E-state index contributed by atoms with van der Waals surface area (Å²) in [5.74, 6) is -1.62. The van der Waals surface area contributed by atoms with E-state index in [4.69, 9.17) is 34.8 Å². The SMILES string of the molecule is CCN1c2cc(Cl)c(/C=C3/C(=O)NC(=O)N(c4ccc(Cl)cc4Cl)C3=O)cc2C(C)=CC1(C)C. The Bertz CT molecular complexity index is 1310. The first kappa shape index (κ1) is 24.3. The highest BCUT2D eigenvalue weighted by atomic mass is 35.5. The zero-order valence-corrected chi connectivity index (χ0v) is 21.3. The Morgan fingerprint density at radius 2 is 1.71 bits per heavy atom. The van der Waals surface area contributed by atoms with Crippen LogP contribution in [0.25, 0.3) is 11.6 Å². The summed E-state index contributed by atoms with van der Waals surface area (Å²) >= 11 is 18.8. The molecule has 2 aromatic carbocycles. The van der Waals surface area contributed by atoms with Gasteiger partial charge in [-0.3, -0.25) is 14.9 Å². The van der Waals surface area contributed by atoms with Gasteiger partial charge in [-0.25, -0.2) is 9.69 Å². The molecule has 2 aromatic rings. The van der Waals surface area contributed by atoms with Gasteiger partial charge in [0, 0.05) is 27.8 Å². The van der Waals surface area contributed by atoms with Gasteiger partial charge in [-0.15, -0.1) is 0 Å². The number of amides is 4. The number of fused-ring (bicyclic) bond motifs is 1. The molecule has 1 saturated heterocycles. The van der Waals surface area contributed by atoms with Gasteiger partial charge in [0.05, 0.1) is 16.2 Å². The standard InChI is InChI=1S/C25H22Cl3N3O3/c1-5-30-21-11-18(27)14(8-16(21)13(2)12-25(30,3)4)9-17-22(32)29-24(34)31(23(17)33)20-7-6-15(26)10-19(20)28/h6-12H,5H2,1-4H3,(H,29,32,34)/b17-9-. The Morgan fingerprint density at radius 1 is 1.00 bits per heavy atom. The molecule has 0 saturated carbocycles. The summed E-state index contributed by atoms with van der Waals surface area (Å²) in [5.41, 5.74) is 3.16. The Kier molecular flexibility index (Phi) is 6.27. The first-order chi connectivity index (χ1) is 15.9. The maximum absolute atomic E-state index is 13.3. The number of nitrogens with one attached hydrogen (secondary N) is 1. The van der Waals surface area contributed by atoms with Crippen molar-refractivity contribution in [2.24, 2.45) is 0 Å². The van der Waals surface area contributed by atoms with Gasteiger partial charge in [0.15, 0.2) is 0 Å². The van der Waals surface area contributed by atoms with Crippen molar-refractivity contribution >= 4 is 75.7 Å². The fourth-order valence-electron chi connectivity index (χ4n) is 4.50. The predicted molar refractivity (Wildman–Crippen MR) is 138 cm³/mol. The van der Waals surface area contributed by atoms with Crippen molar-refractivity contribution in [3.8, 4) is 0 Å². The van der Waals surface area contributed by atoms with Crippen molar-refractivity contribution in [2.45, 2.75) is 33.2 Å². The van der Waals surface area contributed by atoms with E-state index < -0.39 is 17.8 Å². The number of imide groups is 2. The van der Waals surface area contributed by atoms with Crippen LogP contribution in [0.1, 0.15) is 38.8 Å². The van der Waals surface area contributed by atoms with Crippen LogP contribution in [-0.2, 0) is 9.59 Å². The van der Waals surface area contributed by atoms with Gasteiger partial charge < -0.3 is 4.90 Å². The molecule has 0 radical (unpaired) electrons. The number of urea groups is 1. The Morgan fingerprint density at radius 3 is 2.35 bits per heavy atom. The van der Waals surface area contributed by atoms with E-state index in [0.717, 1.165) is 28.3 Å². The fourth-order valence-corrected chi connectivity index (χ4v) is 5.20. The first-order valence-electron chi connectivity index (χ1n) is 10.6. The van der Waals surface area contributed by atoms with Crippen LogP contribution in [-0.4, -0.2) is 29.9 Å². The highest BCUT2D eigenvalue weighted by Gasteiger charge is 2.38. The zero-order chi connectivity index (χ0) is 24.9. The summed E-state index contributed by atoms with van der Waals surface area (Å²) in [4.78, 5) is 41.4. The van der Waals surface area contributed by atoms with E-state index in [1.165, 1.54) is 24.3 Å². The molecule has 0 atom stereocenters. The average molecular weight is 519 g/mol. The molecular weight excluding hydrogens is 497 g/mol. The third-order valence-electron chi connectivity index (χ3n) is 5.96. The topological polar surface area (TPSA) is 69.7 Å². The number of likely N-dealkylation sites (N-methyl/N-ethyl adjacent to an activating group) is 1. The Hall–Kier alpha value is -2.80. The highest BCUT2D eigenvalue weighted by molar-refractivity contribution is 6.43. The molecule has 0 spiro atoms. The summed E-state index contributed by atoms with van der Waals surface area (Å²) in [6.07, 6.45) is 3.57. The number of hydrogen-bond donors (Lipinski definition) is 1. The summed E-state index contributed by atoms with van der Waals surface area (Å²) < 4.78 is 0. The summed E-state index contributed by atoms with van der Waals surface area (Å²) in [6, 6.07) is 7.15. The summed E-state index contributed by atoms with van der Waals surface area (Å²) in [5, 5.41) is 3.01. The molecule has 0 unspecified atom stereocenters. The second kappa shape index (κ2) is 8.77. The second-order valence-electron chi connectivity index (χ2n) is 8.67. The number of rotatable bonds is 3. The minimum atomic E-state index is -0.896. The second-order valence-corrected chi connectivity index (χ2v) is 9.92. The third kappa shape index (κ3) is 4.11. The minimum Gasteiger partial charge on any atom is -0.363 e. The number of barbiturate groups is 1. The lowest BCUT2D eigenvalue weighted by Crippen LogP contribution is -2.54. The van der Waals surface area contributed by atoms with Crippen molar-refractivity contribution in [2.75, 3.05) is 16.3 Å². The molecule has 0 bridgehead atoms. The molecule has 176 valence electrons. The molecule has 4 rings (SSSR count). The molecule has 1 N–H and O–H groups in total. The van der Waals surface area contributed by atoms with Gasteiger partial charge >= 0.3 is 6.03 Å². The average Bonchev–Trinajstić information content (AvgIpc) is 2.72. The fraction of sp³-hybridized carbons (Fsp3) is 0.240. The number of carbonyl (C=O) groups excluding carboxylic acids is 3. The van der Waals surface area contributed by atoms with Gasteiger partial charge in [-0.2, -0.15) is 0 Å². The van der Waals surface area contributed by atoms with Gasteiger partial charge in [-0.05, 0) is 75.2 Å². The normalized spacial score (nSPS) is 18.7. The lowest BCUT2D eigenvalue weighted by atomic mass is 9.87. The zero-order valence-electron chi connectivity index (χ0n) is 19.0. The summed E-state index contributed by atoms with van der Waals surface area (Å²) in [6.45, 7) is 9.12. The molecule has 6 nitrogen and oxygen atoms in total. The van der Waals surface area contributed by atoms with Crippen LogP contribution in [0.3, 0.4) is 0 Å². The smallest absolute Gasteiger partial charge is 0.335 e. The first-order valence-corrected chi connectivity index (χ1v) is 11.8. The van der Waals surface area contributed by atoms with Gasteiger partial charge in [0.1, 0.15) is 5.57 Å². The van der Waals surface area contributed by atoms with Crippen LogP contribution in [0, 0.1) is 0 Å². The molecule has 4 amide bonds. The molecule has 2 aliphatic rings. The molecule has 2 heterocycles. The van der Waals surface area contributed by atoms with Crippen molar-refractivity contribution in [1.82, 2.24) is 5.32 Å². The molecule has 1 fully saturated rings. The third-order valence-corrected chi connectivity index (χ3v) is 6.83. The predicted octanol–water partition coefficient (Wildman–Crippen LogP) is 6.34. The number of nitrogens with zero attached hydrogens (tertiary/aromatic N) is 2. The van der Waals surface area contributed by atoms with E-state index in [-0.39, 0.29) is 21.8 Å². The van der Waals surface area contributed by atoms with E-state index in [1.807, 2.05) is 19.1 Å². The van der Waals surface area contributed by atoms with Crippen molar-refractivity contribution in [3.63, 3.8) is 0 Å². The summed E-state index contributed by atoms with van der Waals surface area (Å²) in [7, 11) is 0. The molecule has 9 heteroatoms. The van der Waals surface area contributed by atoms with E-state index in [0.29, 0.717) is 15.6 Å². The number of anilines is 2. The quantitative estimate of drug-likeness (QED) is 0.380. The lowest BCUT2D eigenvalue weighted by molar-refractivity contribution is -0.122. The van der Waals surface area contributed by atoms with Gasteiger partial charge in [-0.1, -0.05) is 40.9 Å².